The summed E-state index contributed by atoms with van der Waals surface area (Å²) in [5.74, 6) is 0. The Kier molecular flexibility index (Phi) is 5.15. The lowest BCUT2D eigenvalue weighted by atomic mass is 10.1. The van der Waals surface area contributed by atoms with E-state index in [1.165, 1.54) is 5.70 Å². The Morgan fingerprint density at radius 2 is 1.80 bits per heavy atom. The van der Waals surface area contributed by atoms with E-state index in [0.717, 1.165) is 44.3 Å². The van der Waals surface area contributed by atoms with Gasteiger partial charge in [-0.15, -0.1) is 5.11 Å². The first-order valence-electron chi connectivity index (χ1n) is 5.99. The lowest BCUT2D eigenvalue weighted by Crippen LogP contribution is -2.36. The molecule has 4 heteroatoms. The highest BCUT2D eigenvalue weighted by atomic mass is 15.7. The Labute approximate surface area is 92.4 Å². The van der Waals surface area contributed by atoms with Gasteiger partial charge >= 0.3 is 0 Å². The standard InChI is InChI=1S/C11H22N4/c1-4-7-10-11(8-5-2)15(9-6-3)14-13-12-10/h4-9H2,1-3H3,(H,12,14). The Morgan fingerprint density at radius 1 is 1.07 bits per heavy atom. The van der Waals surface area contributed by atoms with Crippen LogP contribution in [0.4, 0.5) is 0 Å². The van der Waals surface area contributed by atoms with Gasteiger partial charge in [-0.1, -0.05) is 38.8 Å². The van der Waals surface area contributed by atoms with Crippen LogP contribution in [0.3, 0.4) is 0 Å². The van der Waals surface area contributed by atoms with Gasteiger partial charge in [0.25, 0.3) is 0 Å². The van der Waals surface area contributed by atoms with Crippen molar-refractivity contribution in [3.63, 3.8) is 0 Å². The Balaban J connectivity index is 2.78. The first-order valence-corrected chi connectivity index (χ1v) is 5.99. The van der Waals surface area contributed by atoms with Crippen LogP contribution in [0.2, 0.25) is 0 Å². The van der Waals surface area contributed by atoms with Gasteiger partial charge in [-0.05, 0) is 19.3 Å². The molecule has 0 aromatic heterocycles. The molecule has 1 rings (SSSR count). The Hall–Kier alpha value is -1.06. The third-order valence-corrected chi connectivity index (χ3v) is 2.42. The molecule has 0 saturated heterocycles. The summed E-state index contributed by atoms with van der Waals surface area (Å²) in [6.07, 6.45) is 5.51. The largest absolute Gasteiger partial charge is 0.273 e. The number of hydrogen-bond acceptors (Lipinski definition) is 4. The van der Waals surface area contributed by atoms with Crippen molar-refractivity contribution in [3.8, 4) is 0 Å². The molecule has 0 aromatic carbocycles. The summed E-state index contributed by atoms with van der Waals surface area (Å²) in [5.41, 5.74) is 5.47. The Morgan fingerprint density at radius 3 is 2.40 bits per heavy atom. The van der Waals surface area contributed by atoms with Crippen molar-refractivity contribution in [1.29, 1.82) is 0 Å². The fourth-order valence-electron chi connectivity index (χ4n) is 1.77. The van der Waals surface area contributed by atoms with Gasteiger partial charge in [0.15, 0.2) is 0 Å². The maximum absolute atomic E-state index is 4.20. The van der Waals surface area contributed by atoms with E-state index in [9.17, 15) is 0 Å². The van der Waals surface area contributed by atoms with Gasteiger partial charge in [0.2, 0.25) is 0 Å². The Bertz CT molecular complexity index is 245. The van der Waals surface area contributed by atoms with Crippen LogP contribution in [-0.4, -0.2) is 11.6 Å². The van der Waals surface area contributed by atoms with Crippen LogP contribution in [-0.2, 0) is 0 Å². The summed E-state index contributed by atoms with van der Waals surface area (Å²) >= 11 is 0. The van der Waals surface area contributed by atoms with E-state index >= 15 is 0 Å². The molecule has 1 aliphatic heterocycles. The smallest absolute Gasteiger partial charge is 0.0858 e. The monoisotopic (exact) mass is 210 g/mol. The molecule has 1 N–H and O–H groups in total. The zero-order chi connectivity index (χ0) is 11.1. The maximum Gasteiger partial charge on any atom is 0.0858 e. The fraction of sp³-hybridized carbons (Fsp3) is 0.818. The molecule has 0 radical (unpaired) electrons. The first kappa shape index (κ1) is 12.0. The van der Waals surface area contributed by atoms with Crippen LogP contribution in [0.25, 0.3) is 0 Å². The maximum atomic E-state index is 4.20. The van der Waals surface area contributed by atoms with Gasteiger partial charge in [0.05, 0.1) is 11.4 Å². The highest BCUT2D eigenvalue weighted by molar-refractivity contribution is 5.12. The van der Waals surface area contributed by atoms with Crippen LogP contribution in [0.5, 0.6) is 0 Å². The van der Waals surface area contributed by atoms with Crippen molar-refractivity contribution in [2.45, 2.75) is 52.9 Å². The first-order chi connectivity index (χ1) is 7.33. The summed E-state index contributed by atoms with van der Waals surface area (Å²) < 4.78 is 0. The zero-order valence-corrected chi connectivity index (χ0v) is 10.1. The molecule has 1 aliphatic rings. The number of allylic oxidation sites excluding steroid dienone is 2. The lowest BCUT2D eigenvalue weighted by molar-refractivity contribution is 0.217. The summed E-state index contributed by atoms with van der Waals surface area (Å²) in [6.45, 7) is 7.56. The molecular weight excluding hydrogens is 188 g/mol. The van der Waals surface area contributed by atoms with Crippen molar-refractivity contribution in [1.82, 2.24) is 10.5 Å². The minimum absolute atomic E-state index is 1.00. The molecular formula is C11H22N4. The van der Waals surface area contributed by atoms with E-state index in [1.807, 2.05) is 0 Å². The van der Waals surface area contributed by atoms with E-state index in [4.69, 9.17) is 0 Å². The SMILES string of the molecule is CCCC1=C(CCC)N(CCC)NN=N1. The van der Waals surface area contributed by atoms with E-state index < -0.39 is 0 Å². The molecule has 15 heavy (non-hydrogen) atoms. The highest BCUT2D eigenvalue weighted by Crippen LogP contribution is 2.23. The average molecular weight is 210 g/mol. The molecule has 0 fully saturated rings. The predicted molar refractivity (Wildman–Crippen MR) is 61.8 cm³/mol. The molecule has 0 aromatic rings. The molecule has 0 aliphatic carbocycles. The molecule has 0 saturated carbocycles. The van der Waals surface area contributed by atoms with Crippen LogP contribution in [0.15, 0.2) is 21.7 Å². The summed E-state index contributed by atoms with van der Waals surface area (Å²) in [4.78, 5) is 0. The van der Waals surface area contributed by atoms with Crippen molar-refractivity contribution in [2.24, 2.45) is 10.3 Å². The van der Waals surface area contributed by atoms with Gasteiger partial charge in [-0.25, -0.2) is 0 Å². The van der Waals surface area contributed by atoms with E-state index in [0.29, 0.717) is 0 Å². The van der Waals surface area contributed by atoms with Gasteiger partial charge in [0, 0.05) is 6.54 Å². The van der Waals surface area contributed by atoms with Gasteiger partial charge in [-0.3, -0.25) is 5.01 Å². The highest BCUT2D eigenvalue weighted by Gasteiger charge is 2.16. The molecule has 0 bridgehead atoms. The second kappa shape index (κ2) is 6.43. The molecule has 4 nitrogen and oxygen atoms in total. The summed E-state index contributed by atoms with van der Waals surface area (Å²) in [6, 6.07) is 0. The third kappa shape index (κ3) is 3.22. The van der Waals surface area contributed by atoms with E-state index in [-0.39, 0.29) is 0 Å². The topological polar surface area (TPSA) is 40.0 Å². The molecule has 1 heterocycles. The number of rotatable bonds is 6. The average Bonchev–Trinajstić information content (AvgIpc) is 2.23. The molecule has 86 valence electrons. The van der Waals surface area contributed by atoms with Crippen LogP contribution >= 0.6 is 0 Å². The van der Waals surface area contributed by atoms with Crippen LogP contribution < -0.4 is 5.53 Å². The quantitative estimate of drug-likeness (QED) is 0.730. The fourth-order valence-corrected chi connectivity index (χ4v) is 1.77. The van der Waals surface area contributed by atoms with Gasteiger partial charge in [-0.2, -0.15) is 5.53 Å². The van der Waals surface area contributed by atoms with E-state index in [2.05, 4.69) is 41.7 Å². The van der Waals surface area contributed by atoms with Crippen molar-refractivity contribution < 1.29 is 0 Å². The predicted octanol–water partition coefficient (Wildman–Crippen LogP) is 3.40. The number of hydrazine groups is 1. The third-order valence-electron chi connectivity index (χ3n) is 2.42. The van der Waals surface area contributed by atoms with E-state index in [1.54, 1.807) is 0 Å². The van der Waals surface area contributed by atoms with Gasteiger partial charge in [0.1, 0.15) is 0 Å². The lowest BCUT2D eigenvalue weighted by Gasteiger charge is -2.29. The van der Waals surface area contributed by atoms with Crippen molar-refractivity contribution in [2.75, 3.05) is 6.54 Å². The summed E-state index contributed by atoms with van der Waals surface area (Å²) in [5, 5.41) is 10.3. The number of hydrogen-bond donors (Lipinski definition) is 1. The number of nitrogens with one attached hydrogen (secondary N) is 1. The second-order valence-electron chi connectivity index (χ2n) is 3.85. The minimum atomic E-state index is 1.00. The molecule has 0 unspecified atom stereocenters. The molecule has 0 atom stereocenters. The summed E-state index contributed by atoms with van der Waals surface area (Å²) in [7, 11) is 0. The second-order valence-corrected chi connectivity index (χ2v) is 3.85. The van der Waals surface area contributed by atoms with Crippen LogP contribution in [0.1, 0.15) is 52.9 Å². The minimum Gasteiger partial charge on any atom is -0.273 e. The normalized spacial score (nSPS) is 15.8. The van der Waals surface area contributed by atoms with Crippen molar-refractivity contribution in [3.05, 3.63) is 11.4 Å². The van der Waals surface area contributed by atoms with Gasteiger partial charge < -0.3 is 0 Å². The molecule has 0 amide bonds. The molecule has 0 spiro atoms. The number of nitrogens with zero attached hydrogens (tertiary/aromatic N) is 3. The zero-order valence-electron chi connectivity index (χ0n) is 10.1. The van der Waals surface area contributed by atoms with Crippen molar-refractivity contribution >= 4 is 0 Å². The van der Waals surface area contributed by atoms with Crippen LogP contribution in [0, 0.1) is 0 Å².